The number of esters is 1. The highest BCUT2D eigenvalue weighted by Gasteiger charge is 2.42. The molecule has 0 aliphatic carbocycles. The van der Waals surface area contributed by atoms with E-state index in [0.29, 0.717) is 29.8 Å². The first kappa shape index (κ1) is 20.6. The van der Waals surface area contributed by atoms with Gasteiger partial charge in [-0.05, 0) is 51.7 Å². The largest absolute Gasteiger partial charge is 0.465 e. The number of rotatable bonds is 5. The quantitative estimate of drug-likeness (QED) is 0.736. The van der Waals surface area contributed by atoms with Crippen LogP contribution in [0.25, 0.3) is 0 Å². The Morgan fingerprint density at radius 2 is 1.86 bits per heavy atom. The average Bonchev–Trinajstić information content (AvgIpc) is 2.97. The van der Waals surface area contributed by atoms with Gasteiger partial charge >= 0.3 is 5.97 Å². The molecule has 2 N–H and O–H groups in total. The maximum atomic E-state index is 12.6. The van der Waals surface area contributed by atoms with Crippen LogP contribution in [0.5, 0.6) is 0 Å². The predicted molar refractivity (Wildman–Crippen MR) is 113 cm³/mol. The lowest BCUT2D eigenvalue weighted by atomic mass is 9.81. The molecular weight excluding hydrogens is 372 g/mol. The molecule has 0 unspecified atom stereocenters. The van der Waals surface area contributed by atoms with E-state index in [9.17, 15) is 9.59 Å². The molecule has 0 saturated heterocycles. The third-order valence-corrected chi connectivity index (χ3v) is 6.44. The molecule has 0 fully saturated rings. The van der Waals surface area contributed by atoms with Crippen LogP contribution in [0.3, 0.4) is 0 Å². The van der Waals surface area contributed by atoms with Crippen LogP contribution in [0, 0.1) is 0 Å². The molecule has 2 heterocycles. The van der Waals surface area contributed by atoms with Gasteiger partial charge in [0.25, 0.3) is 0 Å². The van der Waals surface area contributed by atoms with Crippen LogP contribution < -0.4 is 10.6 Å². The van der Waals surface area contributed by atoms with Crippen molar-refractivity contribution in [1.29, 1.82) is 0 Å². The summed E-state index contributed by atoms with van der Waals surface area (Å²) >= 11 is 1.47. The smallest absolute Gasteiger partial charge is 0.341 e. The molecule has 2 aromatic rings. The number of amides is 1. The summed E-state index contributed by atoms with van der Waals surface area (Å²) in [6.07, 6.45) is 1.72. The van der Waals surface area contributed by atoms with Crippen LogP contribution in [0.2, 0.25) is 0 Å². The Balaban J connectivity index is 1.88. The van der Waals surface area contributed by atoms with E-state index in [1.165, 1.54) is 18.4 Å². The highest BCUT2D eigenvalue weighted by Crippen LogP contribution is 2.45. The molecule has 0 saturated carbocycles. The number of carbonyl (C=O) groups is 2. The first-order valence-corrected chi connectivity index (χ1v) is 10.3. The summed E-state index contributed by atoms with van der Waals surface area (Å²) < 4.78 is 5.04. The number of fused-ring (bicyclic) bond motifs is 1. The topological polar surface area (TPSA) is 67.4 Å². The summed E-state index contributed by atoms with van der Waals surface area (Å²) in [6.45, 7) is 8.44. The zero-order valence-corrected chi connectivity index (χ0v) is 18.0. The Morgan fingerprint density at radius 1 is 1.18 bits per heavy atom. The second-order valence-corrected chi connectivity index (χ2v) is 9.47. The van der Waals surface area contributed by atoms with Gasteiger partial charge in [0, 0.05) is 22.4 Å². The molecule has 1 aliphatic rings. The molecule has 150 valence electrons. The van der Waals surface area contributed by atoms with Gasteiger partial charge in [-0.1, -0.05) is 30.3 Å². The number of benzene rings is 1. The molecule has 6 heteroatoms. The standard InChI is InChI=1S/C22H28N2O3S/c1-21(2)13-15-17(20(26)27-5)19(28-18(15)22(3,4)24-21)23-16(25)12-11-14-9-7-6-8-10-14/h6-10,24H,11-13H2,1-5H3,(H,23,25). The van der Waals surface area contributed by atoms with E-state index in [2.05, 4.69) is 38.3 Å². The van der Waals surface area contributed by atoms with Gasteiger partial charge in [-0.25, -0.2) is 4.79 Å². The van der Waals surface area contributed by atoms with E-state index in [1.807, 2.05) is 30.3 Å². The van der Waals surface area contributed by atoms with Gasteiger partial charge < -0.3 is 15.4 Å². The van der Waals surface area contributed by atoms with Crippen LogP contribution in [-0.2, 0) is 27.9 Å². The molecule has 1 aliphatic heterocycles. The fourth-order valence-electron chi connectivity index (χ4n) is 4.03. The Labute approximate surface area is 170 Å². The van der Waals surface area contributed by atoms with E-state index in [4.69, 9.17) is 4.74 Å². The molecule has 3 rings (SSSR count). The molecular formula is C22H28N2O3S. The third-order valence-electron chi connectivity index (χ3n) is 4.97. The number of methoxy groups -OCH3 is 1. The molecule has 1 aromatic heterocycles. The van der Waals surface area contributed by atoms with Crippen molar-refractivity contribution in [2.75, 3.05) is 12.4 Å². The summed E-state index contributed by atoms with van der Waals surface area (Å²) in [5.74, 6) is -0.498. The lowest BCUT2D eigenvalue weighted by Crippen LogP contribution is -2.55. The molecule has 5 nitrogen and oxygen atoms in total. The second-order valence-electron chi connectivity index (χ2n) is 8.45. The Bertz CT molecular complexity index is 885. The third kappa shape index (κ3) is 4.28. The number of carbonyl (C=O) groups excluding carboxylic acids is 2. The van der Waals surface area contributed by atoms with Crippen molar-refractivity contribution in [2.45, 2.75) is 58.0 Å². The van der Waals surface area contributed by atoms with Crippen molar-refractivity contribution in [3.8, 4) is 0 Å². The number of hydrogen-bond donors (Lipinski definition) is 2. The minimum absolute atomic E-state index is 0.0994. The van der Waals surface area contributed by atoms with Gasteiger partial charge in [0.1, 0.15) is 5.00 Å². The minimum Gasteiger partial charge on any atom is -0.465 e. The van der Waals surface area contributed by atoms with Gasteiger partial charge in [-0.2, -0.15) is 0 Å². The normalized spacial score (nSPS) is 16.9. The SMILES string of the molecule is COC(=O)c1c(NC(=O)CCc2ccccc2)sc2c1CC(C)(C)NC2(C)C. The monoisotopic (exact) mass is 400 g/mol. The van der Waals surface area contributed by atoms with Crippen molar-refractivity contribution in [1.82, 2.24) is 5.32 Å². The number of aryl methyl sites for hydroxylation is 1. The van der Waals surface area contributed by atoms with Crippen molar-refractivity contribution in [2.24, 2.45) is 0 Å². The number of hydrogen-bond acceptors (Lipinski definition) is 5. The van der Waals surface area contributed by atoms with Gasteiger partial charge in [-0.3, -0.25) is 4.79 Å². The van der Waals surface area contributed by atoms with E-state index >= 15 is 0 Å². The van der Waals surface area contributed by atoms with Crippen LogP contribution in [0.1, 0.15) is 60.5 Å². The fourth-order valence-corrected chi connectivity index (χ4v) is 5.31. The zero-order chi connectivity index (χ0) is 20.5. The lowest BCUT2D eigenvalue weighted by Gasteiger charge is -2.42. The summed E-state index contributed by atoms with van der Waals surface area (Å²) in [5.41, 5.74) is 2.14. The molecule has 1 amide bonds. The van der Waals surface area contributed by atoms with E-state index in [1.54, 1.807) is 0 Å². The number of ether oxygens (including phenoxy) is 1. The molecule has 1 aromatic carbocycles. The minimum atomic E-state index is -0.399. The van der Waals surface area contributed by atoms with Crippen LogP contribution in [-0.4, -0.2) is 24.5 Å². The number of nitrogens with one attached hydrogen (secondary N) is 2. The summed E-state index contributed by atoms with van der Waals surface area (Å²) in [5, 5.41) is 7.19. The summed E-state index contributed by atoms with van der Waals surface area (Å²) in [6, 6.07) is 9.90. The highest BCUT2D eigenvalue weighted by molar-refractivity contribution is 7.17. The molecule has 0 spiro atoms. The van der Waals surface area contributed by atoms with Crippen LogP contribution >= 0.6 is 11.3 Å². The fraction of sp³-hybridized carbons (Fsp3) is 0.455. The highest BCUT2D eigenvalue weighted by atomic mass is 32.1. The van der Waals surface area contributed by atoms with E-state index in [0.717, 1.165) is 16.0 Å². The van der Waals surface area contributed by atoms with Crippen molar-refractivity contribution in [3.63, 3.8) is 0 Å². The number of thiophene rings is 1. The maximum Gasteiger partial charge on any atom is 0.341 e. The van der Waals surface area contributed by atoms with Crippen molar-refractivity contribution >= 4 is 28.2 Å². The Kier molecular flexibility index (Phi) is 5.64. The van der Waals surface area contributed by atoms with Crippen molar-refractivity contribution < 1.29 is 14.3 Å². The zero-order valence-electron chi connectivity index (χ0n) is 17.1. The van der Waals surface area contributed by atoms with Crippen LogP contribution in [0.15, 0.2) is 30.3 Å². The lowest BCUT2D eigenvalue weighted by molar-refractivity contribution is -0.116. The second kappa shape index (κ2) is 7.68. The van der Waals surface area contributed by atoms with Gasteiger partial charge in [0.15, 0.2) is 0 Å². The predicted octanol–water partition coefficient (Wildman–Crippen LogP) is 4.27. The van der Waals surface area contributed by atoms with Gasteiger partial charge in [-0.15, -0.1) is 11.3 Å². The van der Waals surface area contributed by atoms with Crippen molar-refractivity contribution in [3.05, 3.63) is 51.9 Å². The van der Waals surface area contributed by atoms with E-state index < -0.39 is 5.97 Å². The van der Waals surface area contributed by atoms with Crippen LogP contribution in [0.4, 0.5) is 5.00 Å². The molecule has 28 heavy (non-hydrogen) atoms. The summed E-state index contributed by atoms with van der Waals surface area (Å²) in [7, 11) is 1.38. The molecule has 0 radical (unpaired) electrons. The van der Waals surface area contributed by atoms with E-state index in [-0.39, 0.29) is 17.0 Å². The van der Waals surface area contributed by atoms with Gasteiger partial charge in [0.05, 0.1) is 12.7 Å². The maximum absolute atomic E-state index is 12.6. The molecule has 0 atom stereocenters. The first-order valence-electron chi connectivity index (χ1n) is 9.50. The molecule has 0 bridgehead atoms. The Morgan fingerprint density at radius 3 is 2.50 bits per heavy atom. The average molecular weight is 401 g/mol. The first-order chi connectivity index (χ1) is 13.1. The summed E-state index contributed by atoms with van der Waals surface area (Å²) in [4.78, 5) is 26.2. The van der Waals surface area contributed by atoms with Gasteiger partial charge in [0.2, 0.25) is 5.91 Å². The number of anilines is 1. The Hall–Kier alpha value is -2.18.